The van der Waals surface area contributed by atoms with Gasteiger partial charge in [-0.1, -0.05) is 12.1 Å². The molecule has 0 N–H and O–H groups in total. The van der Waals surface area contributed by atoms with Crippen LogP contribution in [-0.2, 0) is 5.41 Å². The van der Waals surface area contributed by atoms with Gasteiger partial charge in [-0.2, -0.15) is 0 Å². The molecule has 1 saturated carbocycles. The molecule has 58 valence electrons. The molecule has 0 aromatic carbocycles. The molecule has 0 spiro atoms. The summed E-state index contributed by atoms with van der Waals surface area (Å²) in [6.45, 7) is 2.10. The van der Waals surface area contributed by atoms with Crippen LogP contribution in [0.15, 0.2) is 10.8 Å². The Morgan fingerprint density at radius 3 is 3.00 bits per heavy atom. The molecule has 0 saturated heterocycles. The summed E-state index contributed by atoms with van der Waals surface area (Å²) in [5.41, 5.74) is 1.56. The standard InChI is InChI=1S/C8H9NO2/c1-8(2-3-8)7-6(4-10)5-11-9-7/h4-5H,2-3H2,1H3. The van der Waals surface area contributed by atoms with E-state index in [0.717, 1.165) is 24.8 Å². The molecule has 1 aromatic heterocycles. The van der Waals surface area contributed by atoms with E-state index in [9.17, 15) is 4.79 Å². The van der Waals surface area contributed by atoms with E-state index in [0.29, 0.717) is 5.56 Å². The summed E-state index contributed by atoms with van der Waals surface area (Å²) < 4.78 is 4.72. The van der Waals surface area contributed by atoms with Crippen molar-refractivity contribution in [2.24, 2.45) is 0 Å². The van der Waals surface area contributed by atoms with Crippen LogP contribution >= 0.6 is 0 Å². The molecule has 3 heteroatoms. The van der Waals surface area contributed by atoms with E-state index in [1.54, 1.807) is 0 Å². The predicted molar refractivity (Wildman–Crippen MR) is 38.5 cm³/mol. The SMILES string of the molecule is CC1(c2nocc2C=O)CC1. The minimum Gasteiger partial charge on any atom is -0.364 e. The third-order valence-corrected chi connectivity index (χ3v) is 2.30. The lowest BCUT2D eigenvalue weighted by atomic mass is 10.0. The van der Waals surface area contributed by atoms with Gasteiger partial charge in [-0.3, -0.25) is 4.79 Å². The van der Waals surface area contributed by atoms with E-state index >= 15 is 0 Å². The largest absolute Gasteiger partial charge is 0.364 e. The van der Waals surface area contributed by atoms with Gasteiger partial charge in [-0.25, -0.2) is 0 Å². The van der Waals surface area contributed by atoms with Gasteiger partial charge in [0.05, 0.1) is 11.3 Å². The molecule has 0 unspecified atom stereocenters. The third-order valence-electron chi connectivity index (χ3n) is 2.30. The first-order chi connectivity index (χ1) is 5.26. The molecule has 0 radical (unpaired) electrons. The maximum atomic E-state index is 10.5. The topological polar surface area (TPSA) is 43.1 Å². The molecule has 1 aromatic rings. The Bertz CT molecular complexity index is 286. The van der Waals surface area contributed by atoms with Gasteiger partial charge in [0.2, 0.25) is 0 Å². The minimum atomic E-state index is 0.128. The van der Waals surface area contributed by atoms with Crippen LogP contribution in [0.4, 0.5) is 0 Å². The summed E-state index contributed by atoms with van der Waals surface area (Å²) in [6, 6.07) is 0. The molecule has 0 amide bonds. The maximum absolute atomic E-state index is 10.5. The van der Waals surface area contributed by atoms with Crippen LogP contribution in [0.1, 0.15) is 35.8 Å². The van der Waals surface area contributed by atoms with Gasteiger partial charge in [0.25, 0.3) is 0 Å². The number of hydrogen-bond donors (Lipinski definition) is 0. The van der Waals surface area contributed by atoms with Crippen LogP contribution < -0.4 is 0 Å². The van der Waals surface area contributed by atoms with E-state index in [1.807, 2.05) is 0 Å². The fourth-order valence-corrected chi connectivity index (χ4v) is 1.21. The molecular formula is C8H9NO2. The number of hydrogen-bond acceptors (Lipinski definition) is 3. The second kappa shape index (κ2) is 1.94. The zero-order valence-electron chi connectivity index (χ0n) is 6.33. The number of rotatable bonds is 2. The highest BCUT2D eigenvalue weighted by molar-refractivity contribution is 5.76. The van der Waals surface area contributed by atoms with Crippen LogP contribution in [0.2, 0.25) is 0 Å². The molecule has 1 fully saturated rings. The molecule has 0 aliphatic heterocycles. The summed E-state index contributed by atoms with van der Waals surface area (Å²) in [7, 11) is 0. The van der Waals surface area contributed by atoms with Crippen LogP contribution in [0.25, 0.3) is 0 Å². The lowest BCUT2D eigenvalue weighted by molar-refractivity contribution is 0.112. The molecule has 1 aliphatic carbocycles. The highest BCUT2D eigenvalue weighted by Gasteiger charge is 2.43. The molecule has 1 heterocycles. The van der Waals surface area contributed by atoms with Crippen LogP contribution in [0.5, 0.6) is 0 Å². The molecule has 0 atom stereocenters. The van der Waals surface area contributed by atoms with Crippen LogP contribution in [-0.4, -0.2) is 11.4 Å². The fourth-order valence-electron chi connectivity index (χ4n) is 1.21. The molecular weight excluding hydrogens is 142 g/mol. The van der Waals surface area contributed by atoms with Gasteiger partial charge < -0.3 is 4.52 Å². The van der Waals surface area contributed by atoms with Crippen molar-refractivity contribution in [2.75, 3.05) is 0 Å². The van der Waals surface area contributed by atoms with Crippen molar-refractivity contribution < 1.29 is 9.32 Å². The quantitative estimate of drug-likeness (QED) is 0.602. The number of aromatic nitrogens is 1. The zero-order chi connectivity index (χ0) is 7.90. The highest BCUT2D eigenvalue weighted by Crippen LogP contribution is 2.47. The van der Waals surface area contributed by atoms with Gasteiger partial charge in [-0.15, -0.1) is 0 Å². The third kappa shape index (κ3) is 0.878. The smallest absolute Gasteiger partial charge is 0.155 e. The van der Waals surface area contributed by atoms with Gasteiger partial charge in [0.15, 0.2) is 6.29 Å². The number of aldehydes is 1. The van der Waals surface area contributed by atoms with Gasteiger partial charge in [0, 0.05) is 5.41 Å². The molecule has 1 aliphatic rings. The molecule has 0 bridgehead atoms. The maximum Gasteiger partial charge on any atom is 0.155 e. The van der Waals surface area contributed by atoms with Crippen molar-refractivity contribution in [3.8, 4) is 0 Å². The lowest BCUT2D eigenvalue weighted by Gasteiger charge is -2.01. The zero-order valence-corrected chi connectivity index (χ0v) is 6.33. The minimum absolute atomic E-state index is 0.128. The number of nitrogens with zero attached hydrogens (tertiary/aromatic N) is 1. The molecule has 3 nitrogen and oxygen atoms in total. The van der Waals surface area contributed by atoms with Gasteiger partial charge in [-0.05, 0) is 12.8 Å². The number of carbonyl (C=O) groups is 1. The second-order valence-electron chi connectivity index (χ2n) is 3.30. The monoisotopic (exact) mass is 151 g/mol. The second-order valence-corrected chi connectivity index (χ2v) is 3.30. The first kappa shape index (κ1) is 6.58. The summed E-state index contributed by atoms with van der Waals surface area (Å²) in [4.78, 5) is 10.5. The Kier molecular flexibility index (Phi) is 1.16. The Labute approximate surface area is 64.4 Å². The Balaban J connectivity index is 2.43. The van der Waals surface area contributed by atoms with Crippen molar-refractivity contribution in [1.29, 1.82) is 0 Å². The van der Waals surface area contributed by atoms with Crippen LogP contribution in [0, 0.1) is 0 Å². The summed E-state index contributed by atoms with van der Waals surface area (Å²) >= 11 is 0. The Morgan fingerprint density at radius 2 is 2.45 bits per heavy atom. The van der Waals surface area contributed by atoms with Gasteiger partial charge >= 0.3 is 0 Å². The lowest BCUT2D eigenvalue weighted by Crippen LogP contribution is -2.03. The normalized spacial score (nSPS) is 19.7. The Hall–Kier alpha value is -1.12. The van der Waals surface area contributed by atoms with Crippen molar-refractivity contribution >= 4 is 6.29 Å². The number of carbonyl (C=O) groups excluding carboxylic acids is 1. The molecule has 2 rings (SSSR count). The van der Waals surface area contributed by atoms with Crippen molar-refractivity contribution in [3.05, 3.63) is 17.5 Å². The van der Waals surface area contributed by atoms with E-state index < -0.39 is 0 Å². The Morgan fingerprint density at radius 1 is 1.73 bits per heavy atom. The average molecular weight is 151 g/mol. The first-order valence-electron chi connectivity index (χ1n) is 3.66. The average Bonchev–Trinajstić information content (AvgIpc) is 2.61. The molecule has 11 heavy (non-hydrogen) atoms. The van der Waals surface area contributed by atoms with E-state index in [4.69, 9.17) is 4.52 Å². The van der Waals surface area contributed by atoms with E-state index in [-0.39, 0.29) is 5.41 Å². The van der Waals surface area contributed by atoms with Crippen molar-refractivity contribution in [1.82, 2.24) is 5.16 Å². The summed E-state index contributed by atoms with van der Waals surface area (Å²) in [6.07, 6.45) is 4.43. The van der Waals surface area contributed by atoms with Gasteiger partial charge in [0.1, 0.15) is 6.26 Å². The summed E-state index contributed by atoms with van der Waals surface area (Å²) in [5.74, 6) is 0. The highest BCUT2D eigenvalue weighted by atomic mass is 16.5. The predicted octanol–water partition coefficient (Wildman–Crippen LogP) is 1.54. The summed E-state index contributed by atoms with van der Waals surface area (Å²) in [5, 5.41) is 3.81. The fraction of sp³-hybridized carbons (Fsp3) is 0.500. The van der Waals surface area contributed by atoms with Crippen LogP contribution in [0.3, 0.4) is 0 Å². The first-order valence-corrected chi connectivity index (χ1v) is 3.66. The van der Waals surface area contributed by atoms with E-state index in [1.165, 1.54) is 6.26 Å². The van der Waals surface area contributed by atoms with E-state index in [2.05, 4.69) is 12.1 Å². The van der Waals surface area contributed by atoms with Crippen molar-refractivity contribution in [3.63, 3.8) is 0 Å². The van der Waals surface area contributed by atoms with Crippen molar-refractivity contribution in [2.45, 2.75) is 25.2 Å².